The van der Waals surface area contributed by atoms with Gasteiger partial charge >= 0.3 is 0 Å². The van der Waals surface area contributed by atoms with Gasteiger partial charge in [0.05, 0.1) is 6.10 Å². The smallest absolute Gasteiger partial charge is 0.123 e. The van der Waals surface area contributed by atoms with E-state index in [9.17, 15) is 5.11 Å². The largest absolute Gasteiger partial charge is 0.492 e. The second kappa shape index (κ2) is 6.37. The van der Waals surface area contributed by atoms with Gasteiger partial charge in [-0.1, -0.05) is 19.9 Å². The molecule has 1 aliphatic heterocycles. The molecule has 3 rings (SSSR count). The second-order valence-electron chi connectivity index (χ2n) is 7.04. The summed E-state index contributed by atoms with van der Waals surface area (Å²) >= 11 is 0. The van der Waals surface area contributed by atoms with Gasteiger partial charge in [0.15, 0.2) is 0 Å². The molecule has 1 N–H and O–H groups in total. The van der Waals surface area contributed by atoms with Crippen LogP contribution in [0.2, 0.25) is 0 Å². The molecule has 1 fully saturated rings. The number of benzene rings is 1. The fourth-order valence-corrected chi connectivity index (χ4v) is 3.08. The van der Waals surface area contributed by atoms with E-state index in [0.717, 1.165) is 43.3 Å². The van der Waals surface area contributed by atoms with Crippen molar-refractivity contribution >= 4 is 0 Å². The number of nitrogens with zero attached hydrogens (tertiary/aromatic N) is 1. The van der Waals surface area contributed by atoms with Crippen LogP contribution in [0.4, 0.5) is 0 Å². The molecule has 3 nitrogen and oxygen atoms in total. The van der Waals surface area contributed by atoms with Crippen LogP contribution in [-0.4, -0.2) is 29.7 Å². The number of rotatable bonds is 5. The lowest BCUT2D eigenvalue weighted by molar-refractivity contribution is 0.151. The molecule has 0 saturated heterocycles. The Morgan fingerprint density at radius 2 is 2.14 bits per heavy atom. The Morgan fingerprint density at radius 3 is 2.86 bits per heavy atom. The van der Waals surface area contributed by atoms with Gasteiger partial charge in [-0.2, -0.15) is 0 Å². The molecule has 0 bridgehead atoms. The van der Waals surface area contributed by atoms with E-state index >= 15 is 0 Å². The van der Waals surface area contributed by atoms with Crippen molar-refractivity contribution in [2.75, 3.05) is 19.7 Å². The topological polar surface area (TPSA) is 32.7 Å². The Labute approximate surface area is 127 Å². The number of hydrogen-bond acceptors (Lipinski definition) is 3. The van der Waals surface area contributed by atoms with E-state index in [0.29, 0.717) is 5.92 Å². The summed E-state index contributed by atoms with van der Waals surface area (Å²) in [6.45, 7) is 8.22. The Morgan fingerprint density at radius 1 is 1.33 bits per heavy atom. The van der Waals surface area contributed by atoms with Gasteiger partial charge in [-0.3, -0.25) is 4.90 Å². The third kappa shape index (κ3) is 3.98. The highest BCUT2D eigenvalue weighted by molar-refractivity contribution is 5.38. The van der Waals surface area contributed by atoms with Gasteiger partial charge in [0.1, 0.15) is 12.4 Å². The number of aliphatic hydroxyl groups excluding tert-OH is 1. The van der Waals surface area contributed by atoms with E-state index in [4.69, 9.17) is 4.74 Å². The number of aliphatic hydroxyl groups is 1. The summed E-state index contributed by atoms with van der Waals surface area (Å²) in [4.78, 5) is 2.50. The minimum Gasteiger partial charge on any atom is -0.492 e. The molecule has 0 radical (unpaired) electrons. The molecule has 3 heteroatoms. The van der Waals surface area contributed by atoms with Crippen molar-refractivity contribution in [3.05, 3.63) is 29.3 Å². The molecule has 1 saturated carbocycles. The van der Waals surface area contributed by atoms with Crippen molar-refractivity contribution in [1.29, 1.82) is 0 Å². The first-order valence-electron chi connectivity index (χ1n) is 8.28. The molecule has 1 heterocycles. The van der Waals surface area contributed by atoms with Crippen LogP contribution in [0.25, 0.3) is 0 Å². The lowest BCUT2D eigenvalue weighted by Crippen LogP contribution is -2.27. The Kier molecular flexibility index (Phi) is 4.51. The van der Waals surface area contributed by atoms with Crippen molar-refractivity contribution in [2.24, 2.45) is 11.8 Å². The predicted molar refractivity (Wildman–Crippen MR) is 84.4 cm³/mol. The van der Waals surface area contributed by atoms with Crippen LogP contribution in [0, 0.1) is 11.8 Å². The number of fused-ring (bicyclic) bond motifs is 1. The number of hydrogen-bond donors (Lipinski definition) is 1. The third-order valence-corrected chi connectivity index (χ3v) is 4.44. The molecule has 116 valence electrons. The van der Waals surface area contributed by atoms with Crippen LogP contribution in [-0.2, 0) is 6.54 Å². The second-order valence-corrected chi connectivity index (χ2v) is 7.04. The van der Waals surface area contributed by atoms with Gasteiger partial charge in [0.25, 0.3) is 0 Å². The summed E-state index contributed by atoms with van der Waals surface area (Å²) in [6.07, 6.45) is 3.22. The first-order valence-corrected chi connectivity index (χ1v) is 8.28. The van der Waals surface area contributed by atoms with Gasteiger partial charge in [0, 0.05) is 25.2 Å². The van der Waals surface area contributed by atoms with Crippen LogP contribution in [0.5, 0.6) is 5.75 Å². The van der Waals surface area contributed by atoms with Gasteiger partial charge in [-0.15, -0.1) is 0 Å². The van der Waals surface area contributed by atoms with Crippen LogP contribution >= 0.6 is 0 Å². The van der Waals surface area contributed by atoms with Crippen molar-refractivity contribution < 1.29 is 9.84 Å². The lowest BCUT2D eigenvalue weighted by Gasteiger charge is -2.20. The highest BCUT2D eigenvalue weighted by Crippen LogP contribution is 2.33. The molecular formula is C18H27NO2. The molecule has 0 spiro atoms. The van der Waals surface area contributed by atoms with Gasteiger partial charge < -0.3 is 9.84 Å². The zero-order valence-corrected chi connectivity index (χ0v) is 13.2. The predicted octanol–water partition coefficient (Wildman–Crippen LogP) is 3.37. The van der Waals surface area contributed by atoms with E-state index in [2.05, 4.69) is 24.8 Å². The molecule has 0 amide bonds. The molecule has 2 aliphatic rings. The van der Waals surface area contributed by atoms with Gasteiger partial charge in [-0.05, 0) is 48.8 Å². The first kappa shape index (κ1) is 14.9. The maximum Gasteiger partial charge on any atom is 0.123 e. The summed E-state index contributed by atoms with van der Waals surface area (Å²) in [5.41, 5.74) is 2.26. The summed E-state index contributed by atoms with van der Waals surface area (Å²) in [7, 11) is 0. The molecular weight excluding hydrogens is 262 g/mol. The van der Waals surface area contributed by atoms with E-state index in [1.165, 1.54) is 24.9 Å². The highest BCUT2D eigenvalue weighted by atomic mass is 16.5. The Balaban J connectivity index is 1.74. The molecule has 1 aliphatic carbocycles. The zero-order valence-electron chi connectivity index (χ0n) is 13.2. The van der Waals surface area contributed by atoms with Crippen LogP contribution in [0.1, 0.15) is 50.3 Å². The van der Waals surface area contributed by atoms with E-state index in [-0.39, 0.29) is 6.10 Å². The standard InChI is InChI=1S/C18H27NO2/c1-13(2)9-17(20)15-5-6-18-16(10-15)12-19(7-8-21-18)11-14-3-4-14/h5-6,10,13-14,17,20H,3-4,7-9,11-12H2,1-2H3/t17-/m0/s1. The minimum absolute atomic E-state index is 0.365. The van der Waals surface area contributed by atoms with Crippen molar-refractivity contribution in [3.8, 4) is 5.75 Å². The molecule has 21 heavy (non-hydrogen) atoms. The fourth-order valence-electron chi connectivity index (χ4n) is 3.08. The van der Waals surface area contributed by atoms with E-state index in [1.54, 1.807) is 0 Å². The lowest BCUT2D eigenvalue weighted by atomic mass is 9.97. The van der Waals surface area contributed by atoms with Crippen LogP contribution in [0.15, 0.2) is 18.2 Å². The van der Waals surface area contributed by atoms with Gasteiger partial charge in [-0.25, -0.2) is 0 Å². The Bertz CT molecular complexity index is 482. The quantitative estimate of drug-likeness (QED) is 0.902. The summed E-state index contributed by atoms with van der Waals surface area (Å²) in [5.74, 6) is 2.40. The van der Waals surface area contributed by atoms with Crippen LogP contribution in [0.3, 0.4) is 0 Å². The van der Waals surface area contributed by atoms with Gasteiger partial charge in [0.2, 0.25) is 0 Å². The summed E-state index contributed by atoms with van der Waals surface area (Å²) in [5, 5.41) is 10.3. The van der Waals surface area contributed by atoms with Crippen LogP contribution < -0.4 is 4.74 Å². The fraction of sp³-hybridized carbons (Fsp3) is 0.667. The average molecular weight is 289 g/mol. The average Bonchev–Trinajstić information content (AvgIpc) is 3.24. The molecule has 1 atom stereocenters. The SMILES string of the molecule is CC(C)C[C@H](O)c1ccc2c(c1)CN(CC1CC1)CCO2. The highest BCUT2D eigenvalue weighted by Gasteiger charge is 2.26. The van der Waals surface area contributed by atoms with Crippen molar-refractivity contribution in [3.63, 3.8) is 0 Å². The molecule has 1 aromatic rings. The van der Waals surface area contributed by atoms with E-state index in [1.807, 2.05) is 12.1 Å². The molecule has 1 aromatic carbocycles. The minimum atomic E-state index is -0.365. The molecule has 0 aromatic heterocycles. The summed E-state index contributed by atoms with van der Waals surface area (Å²) in [6, 6.07) is 6.20. The Hall–Kier alpha value is -1.06. The van der Waals surface area contributed by atoms with Crippen molar-refractivity contribution in [2.45, 2.75) is 45.8 Å². The van der Waals surface area contributed by atoms with E-state index < -0.39 is 0 Å². The number of ether oxygens (including phenoxy) is 1. The summed E-state index contributed by atoms with van der Waals surface area (Å²) < 4.78 is 5.87. The first-order chi connectivity index (χ1) is 10.1. The maximum atomic E-state index is 10.3. The maximum absolute atomic E-state index is 10.3. The molecule has 0 unspecified atom stereocenters. The zero-order chi connectivity index (χ0) is 14.8. The van der Waals surface area contributed by atoms with Crippen molar-refractivity contribution in [1.82, 2.24) is 4.90 Å². The third-order valence-electron chi connectivity index (χ3n) is 4.44. The monoisotopic (exact) mass is 289 g/mol. The normalized spacial score (nSPS) is 20.8.